The first-order valence-electron chi connectivity index (χ1n) is 10.1. The van der Waals surface area contributed by atoms with E-state index in [1.807, 2.05) is 6.07 Å². The number of carbonyl (C=O) groups is 2. The number of ether oxygens (including phenoxy) is 2. The number of halogens is 1. The third kappa shape index (κ3) is 6.52. The molecule has 168 valence electrons. The molecule has 2 aromatic carbocycles. The zero-order chi connectivity index (χ0) is 23.4. The maximum Gasteiger partial charge on any atom is 0.410 e. The number of rotatable bonds is 6. The van der Waals surface area contributed by atoms with E-state index in [2.05, 4.69) is 5.32 Å². The van der Waals surface area contributed by atoms with E-state index in [1.54, 1.807) is 59.7 Å². The summed E-state index contributed by atoms with van der Waals surface area (Å²) in [5, 5.41) is 13.7. The molecule has 0 spiro atoms. The van der Waals surface area contributed by atoms with Crippen molar-refractivity contribution in [1.29, 1.82) is 0 Å². The molecule has 2 N–H and O–H groups in total. The lowest BCUT2D eigenvalue weighted by atomic mass is 9.91. The third-order valence-electron chi connectivity index (χ3n) is 4.54. The van der Waals surface area contributed by atoms with Gasteiger partial charge in [-0.05, 0) is 82.0 Å². The minimum atomic E-state index is -2.06. The van der Waals surface area contributed by atoms with Crippen molar-refractivity contribution in [3.8, 4) is 11.1 Å². The van der Waals surface area contributed by atoms with E-state index in [4.69, 9.17) is 9.47 Å². The molecule has 1 atom stereocenters. The van der Waals surface area contributed by atoms with Crippen LogP contribution in [0.1, 0.15) is 50.8 Å². The van der Waals surface area contributed by atoms with Crippen molar-refractivity contribution in [3.05, 3.63) is 58.9 Å². The molecule has 0 aliphatic heterocycles. The summed E-state index contributed by atoms with van der Waals surface area (Å²) in [7, 11) is 0. The average Bonchev–Trinajstić information content (AvgIpc) is 2.59. The molecule has 0 heterocycles. The lowest BCUT2D eigenvalue weighted by molar-refractivity contribution is -0.150. The zero-order valence-electron chi connectivity index (χ0n) is 18.8. The molecule has 1 amide bonds. The first kappa shape index (κ1) is 24.3. The van der Waals surface area contributed by atoms with E-state index in [0.29, 0.717) is 5.56 Å². The Bertz CT molecular complexity index is 944. The molecule has 0 aromatic heterocycles. The molecule has 0 aliphatic carbocycles. The fourth-order valence-corrected chi connectivity index (χ4v) is 3.41. The Hall–Kier alpha value is -2.93. The van der Waals surface area contributed by atoms with Crippen molar-refractivity contribution >= 4 is 12.1 Å². The van der Waals surface area contributed by atoms with Crippen LogP contribution in [0.2, 0.25) is 0 Å². The van der Waals surface area contributed by atoms with Gasteiger partial charge in [-0.15, -0.1) is 0 Å². The minimum Gasteiger partial charge on any atom is -0.466 e. The Kier molecular flexibility index (Phi) is 7.44. The predicted molar refractivity (Wildman–Crippen MR) is 116 cm³/mol. The van der Waals surface area contributed by atoms with Gasteiger partial charge in [0.1, 0.15) is 11.4 Å². The Morgan fingerprint density at radius 1 is 1.10 bits per heavy atom. The summed E-state index contributed by atoms with van der Waals surface area (Å²) in [6.45, 7) is 10.4. The monoisotopic (exact) mass is 431 g/mol. The topological polar surface area (TPSA) is 84.9 Å². The van der Waals surface area contributed by atoms with Crippen LogP contribution < -0.4 is 5.32 Å². The molecule has 0 aliphatic rings. The van der Waals surface area contributed by atoms with Gasteiger partial charge in [0.05, 0.1) is 13.0 Å². The SMILES string of the molecule is CCOC(=O)CC(O)(NC(=O)OC(C)(C)C)c1cccc(-c2c(C)cc(F)cc2C)c1. The Morgan fingerprint density at radius 3 is 2.26 bits per heavy atom. The van der Waals surface area contributed by atoms with Crippen LogP contribution in [0.3, 0.4) is 0 Å². The van der Waals surface area contributed by atoms with Crippen molar-refractivity contribution in [2.75, 3.05) is 6.61 Å². The van der Waals surface area contributed by atoms with Gasteiger partial charge in [0.2, 0.25) is 0 Å². The molecule has 7 heteroatoms. The number of alkyl carbamates (subject to hydrolysis) is 1. The second-order valence-electron chi connectivity index (χ2n) is 8.46. The number of esters is 1. The molecule has 0 radical (unpaired) electrons. The molecular weight excluding hydrogens is 401 g/mol. The Labute approximate surface area is 182 Å². The van der Waals surface area contributed by atoms with Crippen LogP contribution in [-0.4, -0.2) is 29.4 Å². The molecular formula is C24H30FNO5. The summed E-state index contributed by atoms with van der Waals surface area (Å²) in [5.41, 5.74) is 0.380. The summed E-state index contributed by atoms with van der Waals surface area (Å²) in [4.78, 5) is 24.6. The second-order valence-corrected chi connectivity index (χ2v) is 8.46. The van der Waals surface area contributed by atoms with Crippen LogP contribution in [0, 0.1) is 19.7 Å². The fourth-order valence-electron chi connectivity index (χ4n) is 3.41. The number of aryl methyl sites for hydroxylation is 2. The number of amides is 1. The van der Waals surface area contributed by atoms with Crippen molar-refractivity contribution in [3.63, 3.8) is 0 Å². The van der Waals surface area contributed by atoms with Crippen LogP contribution in [-0.2, 0) is 20.0 Å². The number of hydrogen-bond donors (Lipinski definition) is 2. The lowest BCUT2D eigenvalue weighted by Crippen LogP contribution is -2.49. The molecule has 2 rings (SSSR count). The largest absolute Gasteiger partial charge is 0.466 e. The lowest BCUT2D eigenvalue weighted by Gasteiger charge is -2.31. The number of hydrogen-bond acceptors (Lipinski definition) is 5. The first-order valence-corrected chi connectivity index (χ1v) is 10.1. The fraction of sp³-hybridized carbons (Fsp3) is 0.417. The van der Waals surface area contributed by atoms with Gasteiger partial charge < -0.3 is 14.6 Å². The van der Waals surface area contributed by atoms with Gasteiger partial charge in [0.15, 0.2) is 5.72 Å². The quantitative estimate of drug-likeness (QED) is 0.510. The van der Waals surface area contributed by atoms with Crippen molar-refractivity contribution in [1.82, 2.24) is 5.32 Å². The summed E-state index contributed by atoms with van der Waals surface area (Å²) in [5.74, 6) is -1.01. The van der Waals surface area contributed by atoms with E-state index < -0.39 is 29.8 Å². The molecule has 2 aromatic rings. The van der Waals surface area contributed by atoms with E-state index >= 15 is 0 Å². The van der Waals surface area contributed by atoms with Crippen molar-refractivity contribution in [2.45, 2.75) is 59.3 Å². The van der Waals surface area contributed by atoms with E-state index in [9.17, 15) is 19.1 Å². The highest BCUT2D eigenvalue weighted by molar-refractivity contribution is 5.76. The van der Waals surface area contributed by atoms with Crippen molar-refractivity contribution in [2.24, 2.45) is 0 Å². The smallest absolute Gasteiger partial charge is 0.410 e. The Balaban J connectivity index is 2.50. The van der Waals surface area contributed by atoms with Crippen LogP contribution in [0.5, 0.6) is 0 Å². The molecule has 0 saturated heterocycles. The predicted octanol–water partition coefficient (Wildman–Crippen LogP) is 4.73. The number of nitrogens with one attached hydrogen (secondary N) is 1. The van der Waals surface area contributed by atoms with E-state index in [1.165, 1.54) is 12.1 Å². The highest BCUT2D eigenvalue weighted by Crippen LogP contribution is 2.32. The standard InChI is InChI=1S/C24H30FNO5/c1-7-30-20(27)14-24(29,26-22(28)31-23(4,5)6)18-10-8-9-17(13-18)21-15(2)11-19(25)12-16(21)3/h8-13,29H,7,14H2,1-6H3,(H,26,28). The molecule has 1 unspecified atom stereocenters. The van der Waals surface area contributed by atoms with Gasteiger partial charge in [-0.25, -0.2) is 9.18 Å². The zero-order valence-corrected chi connectivity index (χ0v) is 18.8. The van der Waals surface area contributed by atoms with Gasteiger partial charge in [0, 0.05) is 5.56 Å². The van der Waals surface area contributed by atoms with Crippen molar-refractivity contribution < 1.29 is 28.6 Å². The van der Waals surface area contributed by atoms with Crippen LogP contribution in [0.4, 0.5) is 9.18 Å². The number of carbonyl (C=O) groups excluding carboxylic acids is 2. The van der Waals surface area contributed by atoms with Gasteiger partial charge >= 0.3 is 12.1 Å². The normalized spacial score (nSPS) is 13.3. The van der Waals surface area contributed by atoms with Gasteiger partial charge in [-0.2, -0.15) is 0 Å². The molecule has 31 heavy (non-hydrogen) atoms. The Morgan fingerprint density at radius 2 is 1.71 bits per heavy atom. The highest BCUT2D eigenvalue weighted by atomic mass is 19.1. The van der Waals surface area contributed by atoms with Crippen LogP contribution >= 0.6 is 0 Å². The van der Waals surface area contributed by atoms with Crippen LogP contribution in [0.15, 0.2) is 36.4 Å². The molecule has 0 saturated carbocycles. The molecule has 0 bridgehead atoms. The summed E-state index contributed by atoms with van der Waals surface area (Å²) in [6.07, 6.45) is -1.39. The maximum atomic E-state index is 13.7. The van der Waals surface area contributed by atoms with Gasteiger partial charge in [0.25, 0.3) is 0 Å². The summed E-state index contributed by atoms with van der Waals surface area (Å²) in [6, 6.07) is 9.62. The highest BCUT2D eigenvalue weighted by Gasteiger charge is 2.36. The summed E-state index contributed by atoms with van der Waals surface area (Å²) >= 11 is 0. The second kappa shape index (κ2) is 9.47. The number of benzene rings is 2. The van der Waals surface area contributed by atoms with E-state index in [0.717, 1.165) is 16.7 Å². The van der Waals surface area contributed by atoms with Crippen LogP contribution in [0.25, 0.3) is 11.1 Å². The minimum absolute atomic E-state index is 0.134. The van der Waals surface area contributed by atoms with Gasteiger partial charge in [-0.3, -0.25) is 10.1 Å². The number of aliphatic hydroxyl groups is 1. The molecule has 6 nitrogen and oxygen atoms in total. The summed E-state index contributed by atoms with van der Waals surface area (Å²) < 4.78 is 24.0. The van der Waals surface area contributed by atoms with E-state index in [-0.39, 0.29) is 18.0 Å². The third-order valence-corrected chi connectivity index (χ3v) is 4.54. The first-order chi connectivity index (χ1) is 14.3. The maximum absolute atomic E-state index is 13.7. The average molecular weight is 432 g/mol. The molecule has 0 fully saturated rings. The van der Waals surface area contributed by atoms with Gasteiger partial charge in [-0.1, -0.05) is 18.2 Å².